The van der Waals surface area contributed by atoms with E-state index in [-0.39, 0.29) is 11.1 Å². The highest BCUT2D eigenvalue weighted by Crippen LogP contribution is 2.26. The second-order valence-electron chi connectivity index (χ2n) is 3.37. The van der Waals surface area contributed by atoms with E-state index in [9.17, 15) is 14.7 Å². The molecule has 76 valence electrons. The second kappa shape index (κ2) is 3.21. The van der Waals surface area contributed by atoms with E-state index in [1.54, 1.807) is 6.92 Å². The van der Waals surface area contributed by atoms with Crippen LogP contribution >= 0.6 is 11.6 Å². The van der Waals surface area contributed by atoms with Crippen molar-refractivity contribution < 1.29 is 14.7 Å². The van der Waals surface area contributed by atoms with Crippen LogP contribution in [0.3, 0.4) is 0 Å². The molecule has 1 N–H and O–H groups in total. The van der Waals surface area contributed by atoms with Gasteiger partial charge in [0.15, 0.2) is 11.5 Å². The standard InChI is InChI=1S/C11H7ClO3/c1-5-2-7-6(3-8(5)12)9(13)4-10(14)11(7)15/h2-4,14H,1H3. The van der Waals surface area contributed by atoms with Crippen LogP contribution in [0.4, 0.5) is 0 Å². The van der Waals surface area contributed by atoms with Crippen molar-refractivity contribution in [3.63, 3.8) is 0 Å². The van der Waals surface area contributed by atoms with Gasteiger partial charge in [0.2, 0.25) is 5.78 Å². The SMILES string of the molecule is Cc1cc2c(cc1Cl)C(=O)C=C(O)C2=O. The van der Waals surface area contributed by atoms with Crippen LogP contribution < -0.4 is 0 Å². The molecule has 0 unspecified atom stereocenters. The molecular formula is C11H7ClO3. The van der Waals surface area contributed by atoms with Crippen molar-refractivity contribution in [2.45, 2.75) is 6.92 Å². The number of fused-ring (bicyclic) bond motifs is 1. The Morgan fingerprint density at radius 2 is 1.87 bits per heavy atom. The van der Waals surface area contributed by atoms with Crippen LogP contribution in [0.2, 0.25) is 5.02 Å². The van der Waals surface area contributed by atoms with Crippen molar-refractivity contribution in [3.8, 4) is 0 Å². The molecule has 1 aliphatic carbocycles. The van der Waals surface area contributed by atoms with Crippen molar-refractivity contribution in [1.29, 1.82) is 0 Å². The molecule has 0 fully saturated rings. The fraction of sp³-hybridized carbons (Fsp3) is 0.0909. The molecule has 1 aromatic carbocycles. The Hall–Kier alpha value is -1.61. The van der Waals surface area contributed by atoms with Gasteiger partial charge in [-0.3, -0.25) is 9.59 Å². The van der Waals surface area contributed by atoms with Crippen LogP contribution in [0.5, 0.6) is 0 Å². The summed E-state index contributed by atoms with van der Waals surface area (Å²) < 4.78 is 0. The average Bonchev–Trinajstić information content (AvgIpc) is 2.18. The Kier molecular flexibility index (Phi) is 2.12. The predicted octanol–water partition coefficient (Wildman–Crippen LogP) is 2.47. The molecule has 1 aromatic rings. The number of allylic oxidation sites excluding steroid dienone is 2. The van der Waals surface area contributed by atoms with Crippen molar-refractivity contribution in [2.24, 2.45) is 0 Å². The van der Waals surface area contributed by atoms with Gasteiger partial charge in [-0.25, -0.2) is 0 Å². The number of aliphatic hydroxyl groups excluding tert-OH is 1. The quantitative estimate of drug-likeness (QED) is 0.734. The summed E-state index contributed by atoms with van der Waals surface area (Å²) in [5, 5.41) is 9.65. The first kappa shape index (κ1) is 9.93. The maximum absolute atomic E-state index is 11.5. The smallest absolute Gasteiger partial charge is 0.228 e. The van der Waals surface area contributed by atoms with Crippen molar-refractivity contribution in [3.05, 3.63) is 45.7 Å². The van der Waals surface area contributed by atoms with Crippen LogP contribution in [-0.4, -0.2) is 16.7 Å². The number of ketones is 2. The van der Waals surface area contributed by atoms with Crippen LogP contribution in [0.25, 0.3) is 0 Å². The van der Waals surface area contributed by atoms with Gasteiger partial charge in [0.25, 0.3) is 0 Å². The van der Waals surface area contributed by atoms with Gasteiger partial charge in [0, 0.05) is 22.2 Å². The third kappa shape index (κ3) is 1.45. The van der Waals surface area contributed by atoms with Gasteiger partial charge >= 0.3 is 0 Å². The largest absolute Gasteiger partial charge is 0.504 e. The summed E-state index contributed by atoms with van der Waals surface area (Å²) in [5.41, 5.74) is 1.15. The Balaban J connectivity index is 2.73. The molecule has 2 rings (SSSR count). The first-order valence-corrected chi connectivity index (χ1v) is 4.68. The van der Waals surface area contributed by atoms with E-state index in [1.165, 1.54) is 12.1 Å². The lowest BCUT2D eigenvalue weighted by molar-refractivity contribution is 0.0939. The topological polar surface area (TPSA) is 54.4 Å². The average molecular weight is 223 g/mol. The first-order valence-electron chi connectivity index (χ1n) is 4.30. The number of hydrogen-bond donors (Lipinski definition) is 1. The van der Waals surface area contributed by atoms with Crippen LogP contribution in [-0.2, 0) is 0 Å². The molecule has 0 aliphatic heterocycles. The summed E-state index contributed by atoms with van der Waals surface area (Å²) in [6.07, 6.45) is 0.913. The van der Waals surface area contributed by atoms with E-state index in [2.05, 4.69) is 0 Å². The maximum atomic E-state index is 11.5. The summed E-state index contributed by atoms with van der Waals surface area (Å²) in [7, 11) is 0. The summed E-state index contributed by atoms with van der Waals surface area (Å²) in [4.78, 5) is 23.0. The Morgan fingerprint density at radius 1 is 1.20 bits per heavy atom. The molecule has 0 spiro atoms. The van der Waals surface area contributed by atoms with Crippen LogP contribution in [0.15, 0.2) is 24.0 Å². The summed E-state index contributed by atoms with van der Waals surface area (Å²) in [6.45, 7) is 1.73. The van der Waals surface area contributed by atoms with Gasteiger partial charge in [-0.1, -0.05) is 11.6 Å². The molecule has 0 bridgehead atoms. The van der Waals surface area contributed by atoms with Gasteiger partial charge in [-0.15, -0.1) is 0 Å². The van der Waals surface area contributed by atoms with Crippen LogP contribution in [0.1, 0.15) is 26.3 Å². The number of hydrogen-bond acceptors (Lipinski definition) is 3. The molecule has 0 atom stereocenters. The minimum Gasteiger partial charge on any atom is -0.504 e. The minimum atomic E-state index is -0.538. The second-order valence-corrected chi connectivity index (χ2v) is 3.78. The monoisotopic (exact) mass is 222 g/mol. The molecule has 0 aromatic heterocycles. The lowest BCUT2D eigenvalue weighted by Gasteiger charge is -2.12. The van der Waals surface area contributed by atoms with Crippen LogP contribution in [0, 0.1) is 6.92 Å². The lowest BCUT2D eigenvalue weighted by Crippen LogP contribution is -2.17. The number of benzene rings is 1. The Labute approximate surface area is 91.0 Å². The third-order valence-corrected chi connectivity index (χ3v) is 2.72. The van der Waals surface area contributed by atoms with Crippen molar-refractivity contribution in [1.82, 2.24) is 0 Å². The van der Waals surface area contributed by atoms with Crippen molar-refractivity contribution >= 4 is 23.2 Å². The fourth-order valence-electron chi connectivity index (χ4n) is 1.48. The number of carbonyl (C=O) groups is 2. The van der Waals surface area contributed by atoms with E-state index < -0.39 is 17.3 Å². The zero-order valence-electron chi connectivity index (χ0n) is 7.87. The molecule has 0 saturated heterocycles. The summed E-state index contributed by atoms with van der Waals surface area (Å²) >= 11 is 5.85. The van der Waals surface area contributed by atoms with E-state index in [1.807, 2.05) is 0 Å². The number of halogens is 1. The van der Waals surface area contributed by atoms with E-state index in [0.717, 1.165) is 6.08 Å². The number of aliphatic hydroxyl groups is 1. The first-order chi connectivity index (χ1) is 7.00. The normalized spacial score (nSPS) is 14.9. The molecule has 0 saturated carbocycles. The lowest BCUT2D eigenvalue weighted by atomic mass is 9.92. The van der Waals surface area contributed by atoms with E-state index in [0.29, 0.717) is 10.6 Å². The highest BCUT2D eigenvalue weighted by atomic mass is 35.5. The zero-order chi connectivity index (χ0) is 11.2. The number of rotatable bonds is 0. The molecule has 4 heteroatoms. The van der Waals surface area contributed by atoms with Gasteiger partial charge in [-0.05, 0) is 24.6 Å². The fourth-order valence-corrected chi connectivity index (χ4v) is 1.64. The zero-order valence-corrected chi connectivity index (χ0v) is 8.63. The molecule has 3 nitrogen and oxygen atoms in total. The number of carbonyl (C=O) groups excluding carboxylic acids is 2. The number of Topliss-reactive ketones (excluding diaryl/α,β-unsaturated/α-hetero) is 1. The maximum Gasteiger partial charge on any atom is 0.228 e. The molecule has 1 aliphatic rings. The molecule has 0 heterocycles. The molecular weight excluding hydrogens is 216 g/mol. The highest BCUT2D eigenvalue weighted by Gasteiger charge is 2.25. The van der Waals surface area contributed by atoms with Gasteiger partial charge < -0.3 is 5.11 Å². The Morgan fingerprint density at radius 3 is 2.53 bits per heavy atom. The van der Waals surface area contributed by atoms with E-state index in [4.69, 9.17) is 11.6 Å². The molecule has 0 amide bonds. The summed E-state index contributed by atoms with van der Waals surface area (Å²) in [5.74, 6) is -1.46. The van der Waals surface area contributed by atoms with Gasteiger partial charge in [0.1, 0.15) is 0 Å². The van der Waals surface area contributed by atoms with Gasteiger partial charge in [0.05, 0.1) is 0 Å². The van der Waals surface area contributed by atoms with E-state index >= 15 is 0 Å². The third-order valence-electron chi connectivity index (χ3n) is 2.31. The predicted molar refractivity (Wildman–Crippen MR) is 55.6 cm³/mol. The minimum absolute atomic E-state index is 0.210. The highest BCUT2D eigenvalue weighted by molar-refractivity contribution is 6.33. The van der Waals surface area contributed by atoms with Crippen molar-refractivity contribution in [2.75, 3.05) is 0 Å². The number of aryl methyl sites for hydroxylation is 1. The summed E-state index contributed by atoms with van der Waals surface area (Å²) in [6, 6.07) is 2.97. The molecule has 0 radical (unpaired) electrons. The van der Waals surface area contributed by atoms with Gasteiger partial charge in [-0.2, -0.15) is 0 Å². The Bertz CT molecular complexity index is 515. The molecule has 15 heavy (non-hydrogen) atoms.